The van der Waals surface area contributed by atoms with Crippen LogP contribution in [0, 0.1) is 0 Å². The van der Waals surface area contributed by atoms with Crippen molar-refractivity contribution in [1.82, 2.24) is 10.2 Å². The summed E-state index contributed by atoms with van der Waals surface area (Å²) in [6.45, 7) is 5.55. The first-order valence-corrected chi connectivity index (χ1v) is 7.41. The molecular formula is C16H23F3N2. The third kappa shape index (κ3) is 4.45. The van der Waals surface area contributed by atoms with Gasteiger partial charge in [-0.2, -0.15) is 13.2 Å². The Morgan fingerprint density at radius 2 is 1.95 bits per heavy atom. The average molecular weight is 300 g/mol. The van der Waals surface area contributed by atoms with Crippen LogP contribution in [0.15, 0.2) is 30.3 Å². The van der Waals surface area contributed by atoms with Gasteiger partial charge in [-0.25, -0.2) is 0 Å². The highest BCUT2D eigenvalue weighted by molar-refractivity contribution is 5.24. The van der Waals surface area contributed by atoms with Gasteiger partial charge in [-0.1, -0.05) is 30.3 Å². The lowest BCUT2D eigenvalue weighted by atomic mass is 9.91. The molecule has 2 atom stereocenters. The Morgan fingerprint density at radius 1 is 1.29 bits per heavy atom. The number of nitrogens with zero attached hydrogens (tertiary/aromatic N) is 1. The summed E-state index contributed by atoms with van der Waals surface area (Å²) < 4.78 is 37.5. The molecule has 0 aliphatic carbocycles. The maximum absolute atomic E-state index is 12.5. The van der Waals surface area contributed by atoms with E-state index >= 15 is 0 Å². The van der Waals surface area contributed by atoms with Crippen LogP contribution in [0.2, 0.25) is 0 Å². The van der Waals surface area contributed by atoms with Crippen molar-refractivity contribution in [3.63, 3.8) is 0 Å². The zero-order chi connectivity index (χ0) is 15.5. The highest BCUT2D eigenvalue weighted by Crippen LogP contribution is 2.28. The van der Waals surface area contributed by atoms with Crippen LogP contribution in [0.25, 0.3) is 0 Å². The second-order valence-corrected chi connectivity index (χ2v) is 6.10. The van der Waals surface area contributed by atoms with Gasteiger partial charge < -0.3 is 5.32 Å². The minimum Gasteiger partial charge on any atom is -0.306 e. The summed E-state index contributed by atoms with van der Waals surface area (Å²) in [5.74, 6) is 0. The van der Waals surface area contributed by atoms with E-state index < -0.39 is 12.6 Å². The molecule has 2 unspecified atom stereocenters. The minimum absolute atomic E-state index is 0.0643. The Hall–Kier alpha value is -1.07. The summed E-state index contributed by atoms with van der Waals surface area (Å²) in [6, 6.07) is 10.1. The quantitative estimate of drug-likeness (QED) is 0.918. The number of halogens is 3. The summed E-state index contributed by atoms with van der Waals surface area (Å²) in [5.41, 5.74) is 0.813. The smallest absolute Gasteiger partial charge is 0.306 e. The largest absolute Gasteiger partial charge is 0.390 e. The van der Waals surface area contributed by atoms with Crippen molar-refractivity contribution in [2.24, 2.45) is 0 Å². The second kappa shape index (κ2) is 6.36. The molecule has 1 aromatic rings. The van der Waals surface area contributed by atoms with Crippen molar-refractivity contribution in [1.29, 1.82) is 0 Å². The first-order chi connectivity index (χ1) is 9.80. The molecule has 0 radical (unpaired) electrons. The van der Waals surface area contributed by atoms with Gasteiger partial charge in [0.05, 0.1) is 12.0 Å². The van der Waals surface area contributed by atoms with Gasteiger partial charge in [0.15, 0.2) is 0 Å². The fourth-order valence-electron chi connectivity index (χ4n) is 2.93. The van der Waals surface area contributed by atoms with E-state index in [-0.39, 0.29) is 18.1 Å². The Bertz CT molecular complexity index is 447. The van der Waals surface area contributed by atoms with Gasteiger partial charge in [0.1, 0.15) is 0 Å². The van der Waals surface area contributed by atoms with Crippen LogP contribution in [0.3, 0.4) is 0 Å². The monoisotopic (exact) mass is 300 g/mol. The maximum Gasteiger partial charge on any atom is 0.390 e. The lowest BCUT2D eigenvalue weighted by Crippen LogP contribution is -2.48. The fraction of sp³-hybridized carbons (Fsp3) is 0.625. The Morgan fingerprint density at radius 3 is 2.57 bits per heavy atom. The molecule has 0 bridgehead atoms. The lowest BCUT2D eigenvalue weighted by molar-refractivity contribution is -0.139. The number of rotatable bonds is 3. The van der Waals surface area contributed by atoms with Gasteiger partial charge in [-0.05, 0) is 32.4 Å². The predicted octanol–water partition coefficient (Wildman–Crippen LogP) is 3.54. The van der Waals surface area contributed by atoms with Gasteiger partial charge >= 0.3 is 6.18 Å². The summed E-state index contributed by atoms with van der Waals surface area (Å²) in [7, 11) is 0. The maximum atomic E-state index is 12.5. The molecule has 21 heavy (non-hydrogen) atoms. The van der Waals surface area contributed by atoms with Crippen LogP contribution in [0.4, 0.5) is 13.2 Å². The van der Waals surface area contributed by atoms with Crippen LogP contribution < -0.4 is 5.32 Å². The molecule has 0 aromatic heterocycles. The van der Waals surface area contributed by atoms with Crippen molar-refractivity contribution in [2.45, 2.75) is 44.4 Å². The van der Waals surface area contributed by atoms with Crippen molar-refractivity contribution in [3.8, 4) is 0 Å². The zero-order valence-corrected chi connectivity index (χ0v) is 12.6. The van der Waals surface area contributed by atoms with E-state index in [0.29, 0.717) is 6.54 Å². The minimum atomic E-state index is -4.09. The van der Waals surface area contributed by atoms with Crippen LogP contribution in [0.1, 0.15) is 32.3 Å². The summed E-state index contributed by atoms with van der Waals surface area (Å²) in [6.07, 6.45) is -3.98. The number of alkyl halides is 3. The molecule has 1 N–H and O–H groups in total. The number of hydrogen-bond donors (Lipinski definition) is 1. The summed E-state index contributed by atoms with van der Waals surface area (Å²) in [5, 5.41) is 3.51. The van der Waals surface area contributed by atoms with E-state index in [4.69, 9.17) is 0 Å². The zero-order valence-electron chi connectivity index (χ0n) is 12.6. The second-order valence-electron chi connectivity index (χ2n) is 6.10. The molecule has 2 rings (SSSR count). The van der Waals surface area contributed by atoms with Gasteiger partial charge in [-0.3, -0.25) is 4.90 Å². The highest BCUT2D eigenvalue weighted by Gasteiger charge is 2.35. The number of nitrogens with one attached hydrogen (secondary N) is 1. The third-order valence-corrected chi connectivity index (χ3v) is 4.31. The predicted molar refractivity (Wildman–Crippen MR) is 78.1 cm³/mol. The van der Waals surface area contributed by atoms with Crippen molar-refractivity contribution >= 4 is 0 Å². The van der Waals surface area contributed by atoms with Crippen LogP contribution >= 0.6 is 0 Å². The van der Waals surface area contributed by atoms with E-state index in [1.165, 1.54) is 0 Å². The Balaban J connectivity index is 2.14. The molecule has 0 spiro atoms. The van der Waals surface area contributed by atoms with E-state index in [1.807, 2.05) is 42.2 Å². The average Bonchev–Trinajstić information content (AvgIpc) is 2.57. The number of hydrogen-bond acceptors (Lipinski definition) is 2. The van der Waals surface area contributed by atoms with Crippen molar-refractivity contribution < 1.29 is 13.2 Å². The first-order valence-electron chi connectivity index (χ1n) is 7.41. The summed E-state index contributed by atoms with van der Waals surface area (Å²) in [4.78, 5) is 1.96. The van der Waals surface area contributed by atoms with Crippen LogP contribution in [0.5, 0.6) is 0 Å². The van der Waals surface area contributed by atoms with E-state index in [1.54, 1.807) is 0 Å². The summed E-state index contributed by atoms with van der Waals surface area (Å²) >= 11 is 0. The van der Waals surface area contributed by atoms with E-state index in [0.717, 1.165) is 18.5 Å². The normalized spacial score (nSPS) is 28.3. The molecule has 1 saturated heterocycles. The Kier molecular flexibility index (Phi) is 4.94. The molecule has 0 saturated carbocycles. The standard InChI is InChI=1S/C16H23F3N2/c1-13-8-10-20-15(2,14-6-4-3-5-7-14)12-21(13)11-9-16(17,18)19/h3-7,13,20H,8-12H2,1-2H3. The molecule has 1 fully saturated rings. The molecule has 1 aliphatic rings. The fourth-order valence-corrected chi connectivity index (χ4v) is 2.93. The van der Waals surface area contributed by atoms with Crippen LogP contribution in [-0.2, 0) is 5.54 Å². The van der Waals surface area contributed by atoms with Gasteiger partial charge in [-0.15, -0.1) is 0 Å². The molecule has 0 amide bonds. The van der Waals surface area contributed by atoms with Gasteiger partial charge in [0.25, 0.3) is 0 Å². The van der Waals surface area contributed by atoms with Crippen molar-refractivity contribution in [3.05, 3.63) is 35.9 Å². The molecular weight excluding hydrogens is 277 g/mol. The van der Waals surface area contributed by atoms with Gasteiger partial charge in [0.2, 0.25) is 0 Å². The molecule has 2 nitrogen and oxygen atoms in total. The number of benzene rings is 1. The molecule has 118 valence electrons. The topological polar surface area (TPSA) is 15.3 Å². The van der Waals surface area contributed by atoms with Crippen LogP contribution in [-0.4, -0.2) is 36.8 Å². The SMILES string of the molecule is CC1CCNC(C)(c2ccccc2)CN1CCC(F)(F)F. The highest BCUT2D eigenvalue weighted by atomic mass is 19.4. The third-order valence-electron chi connectivity index (χ3n) is 4.31. The molecule has 1 aliphatic heterocycles. The Labute approximate surface area is 124 Å². The molecule has 1 aromatic carbocycles. The van der Waals surface area contributed by atoms with Gasteiger partial charge in [0, 0.05) is 19.1 Å². The van der Waals surface area contributed by atoms with Crippen molar-refractivity contribution in [2.75, 3.05) is 19.6 Å². The first kappa shape index (κ1) is 16.3. The van der Waals surface area contributed by atoms with E-state index in [9.17, 15) is 13.2 Å². The lowest BCUT2D eigenvalue weighted by Gasteiger charge is -2.36. The molecule has 1 heterocycles. The molecule has 5 heteroatoms. The van der Waals surface area contributed by atoms with E-state index in [2.05, 4.69) is 12.2 Å².